The lowest BCUT2D eigenvalue weighted by Crippen LogP contribution is -2.25. The van der Waals surface area contributed by atoms with E-state index in [9.17, 15) is 4.57 Å². The fourth-order valence-corrected chi connectivity index (χ4v) is 4.33. The molecule has 4 nitrogen and oxygen atoms in total. The maximum Gasteiger partial charge on any atom is 0.367 e. The van der Waals surface area contributed by atoms with Crippen LogP contribution in [0.2, 0.25) is 0 Å². The van der Waals surface area contributed by atoms with Gasteiger partial charge >= 0.3 is 7.60 Å². The minimum Gasteiger partial charge on any atom is -0.361 e. The van der Waals surface area contributed by atoms with Gasteiger partial charge in [0.25, 0.3) is 0 Å². The van der Waals surface area contributed by atoms with Crippen molar-refractivity contribution < 1.29 is 18.3 Å². The van der Waals surface area contributed by atoms with Gasteiger partial charge in [0.1, 0.15) is 0 Å². The highest BCUT2D eigenvalue weighted by molar-refractivity contribution is 7.55. The number of rotatable bonds is 3. The van der Waals surface area contributed by atoms with E-state index >= 15 is 0 Å². The van der Waals surface area contributed by atoms with Gasteiger partial charge in [0, 0.05) is 7.11 Å². The minimum absolute atomic E-state index is 0.200. The fourth-order valence-electron chi connectivity index (χ4n) is 1.97. The summed E-state index contributed by atoms with van der Waals surface area (Å²) in [5.41, 5.74) is 0.789. The molecule has 100 valence electrons. The van der Waals surface area contributed by atoms with E-state index in [1.165, 1.54) is 7.11 Å². The molecule has 1 aliphatic rings. The van der Waals surface area contributed by atoms with Crippen molar-refractivity contribution in [1.82, 2.24) is 0 Å². The maximum absolute atomic E-state index is 12.9. The van der Waals surface area contributed by atoms with Crippen LogP contribution in [-0.4, -0.2) is 19.3 Å². The van der Waals surface area contributed by atoms with Gasteiger partial charge in [0.05, 0.1) is 12.2 Å². The van der Waals surface area contributed by atoms with Crippen LogP contribution in [0.5, 0.6) is 0 Å². The van der Waals surface area contributed by atoms with E-state index in [4.69, 9.17) is 13.8 Å². The summed E-state index contributed by atoms with van der Waals surface area (Å²) in [5, 5.41) is -1.08. The predicted molar refractivity (Wildman–Crippen MR) is 69.5 cm³/mol. The second-order valence-corrected chi connectivity index (χ2v) is 6.94. The average Bonchev–Trinajstić information content (AvgIpc) is 2.64. The normalized spacial score (nSPS) is 35.3. The number of benzene rings is 1. The summed E-state index contributed by atoms with van der Waals surface area (Å²) in [5.74, 6) is 0. The van der Waals surface area contributed by atoms with Gasteiger partial charge in [-0.05, 0) is 26.3 Å². The molecule has 0 radical (unpaired) electrons. The van der Waals surface area contributed by atoms with E-state index in [0.29, 0.717) is 0 Å². The van der Waals surface area contributed by atoms with E-state index in [-0.39, 0.29) is 12.2 Å². The van der Waals surface area contributed by atoms with Gasteiger partial charge < -0.3 is 13.8 Å². The zero-order valence-corrected chi connectivity index (χ0v) is 12.0. The second-order valence-electron chi connectivity index (χ2n) is 4.67. The molecule has 0 bridgehead atoms. The third-order valence-electron chi connectivity index (χ3n) is 3.50. The highest BCUT2D eigenvalue weighted by Crippen LogP contribution is 2.69. The van der Waals surface area contributed by atoms with Gasteiger partial charge in [-0.3, -0.25) is 4.57 Å². The highest BCUT2D eigenvalue weighted by atomic mass is 31.2. The lowest BCUT2D eigenvalue weighted by molar-refractivity contribution is 0.0473. The Balaban J connectivity index is 2.43. The fraction of sp³-hybridized carbons (Fsp3) is 0.538. The Morgan fingerprint density at radius 1 is 1.17 bits per heavy atom. The van der Waals surface area contributed by atoms with E-state index < -0.39 is 12.9 Å². The van der Waals surface area contributed by atoms with Crippen molar-refractivity contribution in [3.63, 3.8) is 0 Å². The van der Waals surface area contributed by atoms with Gasteiger partial charge in [0.15, 0.2) is 5.34 Å². The summed E-state index contributed by atoms with van der Waals surface area (Å²) in [6.07, 6.45) is -0.400. The Kier molecular flexibility index (Phi) is 3.65. The Morgan fingerprint density at radius 2 is 1.67 bits per heavy atom. The van der Waals surface area contributed by atoms with E-state index in [1.807, 2.05) is 44.2 Å². The number of hydrogen-bond acceptors (Lipinski definition) is 4. The van der Waals surface area contributed by atoms with Crippen LogP contribution in [0, 0.1) is 0 Å². The van der Waals surface area contributed by atoms with Crippen LogP contribution < -0.4 is 0 Å². The lowest BCUT2D eigenvalue weighted by atomic mass is 10.1. The van der Waals surface area contributed by atoms with Crippen molar-refractivity contribution in [1.29, 1.82) is 0 Å². The quantitative estimate of drug-likeness (QED) is 0.788. The van der Waals surface area contributed by atoms with Crippen LogP contribution in [0.25, 0.3) is 0 Å². The summed E-state index contributed by atoms with van der Waals surface area (Å²) in [6.45, 7) is 5.45. The summed E-state index contributed by atoms with van der Waals surface area (Å²) in [7, 11) is -1.83. The summed E-state index contributed by atoms with van der Waals surface area (Å²) in [4.78, 5) is 0. The van der Waals surface area contributed by atoms with Crippen LogP contribution in [-0.2, 0) is 23.7 Å². The van der Waals surface area contributed by atoms with Crippen LogP contribution in [0.15, 0.2) is 30.3 Å². The first-order valence-corrected chi connectivity index (χ1v) is 7.55. The van der Waals surface area contributed by atoms with Crippen molar-refractivity contribution in [3.8, 4) is 0 Å². The number of hydrogen-bond donors (Lipinski definition) is 0. The molecule has 1 aromatic carbocycles. The van der Waals surface area contributed by atoms with E-state index in [1.54, 1.807) is 6.92 Å². The van der Waals surface area contributed by atoms with Crippen molar-refractivity contribution in [3.05, 3.63) is 35.9 Å². The first-order chi connectivity index (χ1) is 8.43. The second kappa shape index (κ2) is 4.78. The van der Waals surface area contributed by atoms with Gasteiger partial charge in [-0.15, -0.1) is 0 Å². The molecule has 1 fully saturated rings. The van der Waals surface area contributed by atoms with Gasteiger partial charge in [-0.1, -0.05) is 30.3 Å². The molecule has 1 aromatic rings. The minimum atomic E-state index is -3.35. The molecule has 0 N–H and O–H groups in total. The smallest absolute Gasteiger partial charge is 0.361 e. The summed E-state index contributed by atoms with van der Waals surface area (Å²) < 4.78 is 29.6. The van der Waals surface area contributed by atoms with Crippen molar-refractivity contribution in [2.24, 2.45) is 0 Å². The molecule has 0 aromatic heterocycles. The molecule has 2 rings (SSSR count). The van der Waals surface area contributed by atoms with Crippen LogP contribution in [0.3, 0.4) is 0 Å². The average molecular weight is 270 g/mol. The van der Waals surface area contributed by atoms with Crippen LogP contribution in [0.4, 0.5) is 0 Å². The van der Waals surface area contributed by atoms with Crippen LogP contribution in [0.1, 0.15) is 26.3 Å². The third-order valence-corrected chi connectivity index (χ3v) is 6.21. The van der Waals surface area contributed by atoms with Gasteiger partial charge in [-0.2, -0.15) is 0 Å². The molecule has 0 spiro atoms. The molecule has 1 heterocycles. The molecule has 18 heavy (non-hydrogen) atoms. The Hall–Kier alpha value is -0.670. The van der Waals surface area contributed by atoms with E-state index in [0.717, 1.165) is 5.56 Å². The van der Waals surface area contributed by atoms with Gasteiger partial charge in [-0.25, -0.2) is 0 Å². The zero-order valence-electron chi connectivity index (χ0n) is 11.1. The Bertz CT molecular complexity index is 447. The molecular formula is C13H19O4P. The Morgan fingerprint density at radius 3 is 2.11 bits per heavy atom. The molecule has 0 aliphatic carbocycles. The highest BCUT2D eigenvalue weighted by Gasteiger charge is 2.55. The zero-order chi connectivity index (χ0) is 13.4. The van der Waals surface area contributed by atoms with E-state index in [2.05, 4.69) is 0 Å². The van der Waals surface area contributed by atoms with Crippen molar-refractivity contribution in [2.75, 3.05) is 7.11 Å². The third kappa shape index (κ3) is 2.04. The standard InChI is InChI=1S/C13H19O4P/c1-10-11(2)17-18(14,16-10)13(3,15-4)12-8-6-5-7-9-12/h5-11H,1-4H3. The number of methoxy groups -OCH3 is 1. The molecule has 1 aliphatic heterocycles. The molecular weight excluding hydrogens is 251 g/mol. The molecule has 1 saturated heterocycles. The van der Waals surface area contributed by atoms with Crippen LogP contribution >= 0.6 is 7.60 Å². The molecule has 0 amide bonds. The van der Waals surface area contributed by atoms with Gasteiger partial charge in [0.2, 0.25) is 0 Å². The summed E-state index contributed by atoms with van der Waals surface area (Å²) in [6, 6.07) is 9.38. The molecule has 3 unspecified atom stereocenters. The maximum atomic E-state index is 12.9. The molecule has 3 atom stereocenters. The number of ether oxygens (including phenoxy) is 1. The first kappa shape index (κ1) is 13.8. The monoisotopic (exact) mass is 270 g/mol. The largest absolute Gasteiger partial charge is 0.367 e. The lowest BCUT2D eigenvalue weighted by Gasteiger charge is -2.32. The SMILES string of the molecule is COC(C)(c1ccccc1)P1(=O)OC(C)C(C)O1. The topological polar surface area (TPSA) is 44.8 Å². The van der Waals surface area contributed by atoms with Crippen molar-refractivity contribution >= 4 is 7.60 Å². The predicted octanol–water partition coefficient (Wildman–Crippen LogP) is 3.52. The molecule has 0 saturated carbocycles. The van der Waals surface area contributed by atoms with Crippen molar-refractivity contribution in [2.45, 2.75) is 38.3 Å². The molecule has 5 heteroatoms. The summed E-state index contributed by atoms with van der Waals surface area (Å²) >= 11 is 0. The first-order valence-electron chi connectivity index (χ1n) is 6.00. The Labute approximate surface area is 108 Å².